The standard InChI is InChI=1S/C19H12F20O2/c20-11(21,3-4-41-9(40)10(18(34,35)36)6-7-1-2-8(10)5-7)12(22,23)13(24,25)14(26,27)15(28,29)16(30,31)17(32,33)19(37,38)39/h1-2,7-8H,3-6H2. The zero-order valence-corrected chi connectivity index (χ0v) is 19.0. The molecule has 0 heterocycles. The molecule has 0 aliphatic heterocycles. The molecule has 0 spiro atoms. The lowest BCUT2D eigenvalue weighted by molar-refractivity contribution is -0.461. The van der Waals surface area contributed by atoms with Crippen LogP contribution in [0.2, 0.25) is 0 Å². The second kappa shape index (κ2) is 9.40. The van der Waals surface area contributed by atoms with Crippen LogP contribution in [0.3, 0.4) is 0 Å². The van der Waals surface area contributed by atoms with E-state index >= 15 is 0 Å². The fraction of sp³-hybridized carbons (Fsp3) is 0.842. The predicted molar refractivity (Wildman–Crippen MR) is 90.1 cm³/mol. The lowest BCUT2D eigenvalue weighted by Crippen LogP contribution is -2.74. The maximum Gasteiger partial charge on any atom is 0.460 e. The van der Waals surface area contributed by atoms with Crippen LogP contribution < -0.4 is 0 Å². The second-order valence-corrected chi connectivity index (χ2v) is 9.19. The third kappa shape index (κ3) is 4.59. The first-order chi connectivity index (χ1) is 17.8. The molecule has 2 rings (SSSR count). The van der Waals surface area contributed by atoms with Crippen molar-refractivity contribution >= 4 is 5.97 Å². The van der Waals surface area contributed by atoms with Crippen LogP contribution in [0.1, 0.15) is 19.3 Å². The van der Waals surface area contributed by atoms with Crippen LogP contribution in [-0.4, -0.2) is 66.4 Å². The lowest BCUT2D eigenvalue weighted by atomic mass is 9.75. The number of hydrogen-bond acceptors (Lipinski definition) is 2. The van der Waals surface area contributed by atoms with Crippen LogP contribution in [0.15, 0.2) is 12.2 Å². The van der Waals surface area contributed by atoms with Crippen molar-refractivity contribution in [1.29, 1.82) is 0 Å². The van der Waals surface area contributed by atoms with Crippen LogP contribution in [-0.2, 0) is 9.53 Å². The van der Waals surface area contributed by atoms with E-state index in [9.17, 15) is 92.6 Å². The highest BCUT2D eigenvalue weighted by molar-refractivity contribution is 5.79. The van der Waals surface area contributed by atoms with Gasteiger partial charge in [0.15, 0.2) is 5.41 Å². The topological polar surface area (TPSA) is 26.3 Å². The highest BCUT2D eigenvalue weighted by atomic mass is 19.4. The number of alkyl halides is 20. The van der Waals surface area contributed by atoms with E-state index in [-0.39, 0.29) is 6.42 Å². The van der Waals surface area contributed by atoms with Crippen molar-refractivity contribution in [3.8, 4) is 0 Å². The molecule has 0 N–H and O–H groups in total. The van der Waals surface area contributed by atoms with Crippen molar-refractivity contribution in [2.24, 2.45) is 17.3 Å². The summed E-state index contributed by atoms with van der Waals surface area (Å²) in [6.07, 6.45) is -15.8. The van der Waals surface area contributed by atoms with Gasteiger partial charge in [0.05, 0.1) is 13.0 Å². The quantitative estimate of drug-likeness (QED) is 0.136. The fourth-order valence-corrected chi connectivity index (χ4v) is 4.29. The Morgan fingerprint density at radius 3 is 1.39 bits per heavy atom. The van der Waals surface area contributed by atoms with Crippen LogP contribution >= 0.6 is 0 Å². The average molecular weight is 652 g/mol. The minimum absolute atomic E-state index is 0.323. The summed E-state index contributed by atoms with van der Waals surface area (Å²) >= 11 is 0. The summed E-state index contributed by atoms with van der Waals surface area (Å²) < 4.78 is 270. The molecule has 1 saturated carbocycles. The van der Waals surface area contributed by atoms with Crippen molar-refractivity contribution < 1.29 is 97.3 Å². The first-order valence-corrected chi connectivity index (χ1v) is 10.4. The maximum atomic E-state index is 13.9. The van der Waals surface area contributed by atoms with Crippen molar-refractivity contribution in [1.82, 2.24) is 0 Å². The van der Waals surface area contributed by atoms with Crippen LogP contribution in [0.25, 0.3) is 0 Å². The zero-order chi connectivity index (χ0) is 32.7. The van der Waals surface area contributed by atoms with Gasteiger partial charge in [0.2, 0.25) is 0 Å². The van der Waals surface area contributed by atoms with E-state index in [1.54, 1.807) is 0 Å². The second-order valence-electron chi connectivity index (χ2n) is 9.19. The summed E-state index contributed by atoms with van der Waals surface area (Å²) in [5, 5.41) is 0. The molecule has 2 bridgehead atoms. The van der Waals surface area contributed by atoms with E-state index in [1.807, 2.05) is 0 Å². The van der Waals surface area contributed by atoms with Crippen molar-refractivity contribution in [3.05, 3.63) is 12.2 Å². The number of hydrogen-bond donors (Lipinski definition) is 0. The minimum Gasteiger partial charge on any atom is -0.465 e. The first kappa shape index (κ1) is 35.0. The molecule has 0 radical (unpaired) electrons. The maximum absolute atomic E-state index is 13.9. The van der Waals surface area contributed by atoms with E-state index in [1.165, 1.54) is 6.08 Å². The van der Waals surface area contributed by atoms with Crippen LogP contribution in [0, 0.1) is 17.3 Å². The summed E-state index contributed by atoms with van der Waals surface area (Å²) in [6, 6.07) is 0. The molecule has 41 heavy (non-hydrogen) atoms. The number of carbonyl (C=O) groups is 1. The SMILES string of the molecule is O=C(OCCC(F)(F)C(F)(F)C(F)(F)C(F)(F)C(F)(F)C(F)(F)C(F)(F)C(F)(F)F)C1(C(F)(F)F)CC2C=CC1C2. The highest BCUT2D eigenvalue weighted by Crippen LogP contribution is 2.64. The van der Waals surface area contributed by atoms with Gasteiger partial charge < -0.3 is 4.74 Å². The summed E-state index contributed by atoms with van der Waals surface area (Å²) in [5.41, 5.74) is -3.45. The molecule has 2 aliphatic carbocycles. The van der Waals surface area contributed by atoms with Gasteiger partial charge in [0.1, 0.15) is 0 Å². The summed E-state index contributed by atoms with van der Waals surface area (Å²) in [5.74, 6) is -63.0. The van der Waals surface area contributed by atoms with Gasteiger partial charge in [-0.2, -0.15) is 87.8 Å². The van der Waals surface area contributed by atoms with Gasteiger partial charge in [-0.05, 0) is 18.8 Å². The Hall–Kier alpha value is -2.19. The number of ether oxygens (including phenoxy) is 1. The summed E-state index contributed by atoms with van der Waals surface area (Å²) in [6.45, 7) is -2.43. The van der Waals surface area contributed by atoms with Crippen LogP contribution in [0.4, 0.5) is 87.8 Å². The molecule has 3 unspecified atom stereocenters. The van der Waals surface area contributed by atoms with Gasteiger partial charge in [-0.25, -0.2) is 0 Å². The molecule has 3 atom stereocenters. The largest absolute Gasteiger partial charge is 0.465 e. The highest BCUT2D eigenvalue weighted by Gasteiger charge is 2.95. The van der Waals surface area contributed by atoms with E-state index in [0.29, 0.717) is 0 Å². The molecular weight excluding hydrogens is 640 g/mol. The van der Waals surface area contributed by atoms with Gasteiger partial charge in [-0.15, -0.1) is 0 Å². The molecule has 22 heteroatoms. The molecule has 0 amide bonds. The van der Waals surface area contributed by atoms with E-state index < -0.39 is 96.5 Å². The first-order valence-electron chi connectivity index (χ1n) is 10.4. The Labute approximate surface area is 213 Å². The molecule has 240 valence electrons. The molecular formula is C19H12F20O2. The predicted octanol–water partition coefficient (Wildman–Crippen LogP) is 8.07. The fourth-order valence-electron chi connectivity index (χ4n) is 4.29. The van der Waals surface area contributed by atoms with E-state index in [0.717, 1.165) is 6.08 Å². The molecule has 2 nitrogen and oxygen atoms in total. The average Bonchev–Trinajstić information content (AvgIpc) is 3.39. The molecule has 0 aromatic carbocycles. The summed E-state index contributed by atoms with van der Waals surface area (Å²) in [7, 11) is 0. The number of rotatable bonds is 10. The Kier molecular flexibility index (Phi) is 8.03. The van der Waals surface area contributed by atoms with Gasteiger partial charge >= 0.3 is 59.8 Å². The molecule has 2 aliphatic rings. The lowest BCUT2D eigenvalue weighted by Gasteiger charge is -2.42. The minimum atomic E-state index is -8.80. The van der Waals surface area contributed by atoms with Gasteiger partial charge in [0, 0.05) is 5.92 Å². The number of halogens is 20. The smallest absolute Gasteiger partial charge is 0.460 e. The van der Waals surface area contributed by atoms with Gasteiger partial charge in [0.25, 0.3) is 0 Å². The summed E-state index contributed by atoms with van der Waals surface area (Å²) in [4.78, 5) is 12.1. The zero-order valence-electron chi connectivity index (χ0n) is 19.0. The number of allylic oxidation sites excluding steroid dienone is 2. The third-order valence-corrected chi connectivity index (χ3v) is 6.70. The number of esters is 1. The Morgan fingerprint density at radius 1 is 0.634 bits per heavy atom. The van der Waals surface area contributed by atoms with E-state index in [4.69, 9.17) is 0 Å². The monoisotopic (exact) mass is 652 g/mol. The van der Waals surface area contributed by atoms with Crippen molar-refractivity contribution in [3.63, 3.8) is 0 Å². The van der Waals surface area contributed by atoms with Crippen molar-refractivity contribution in [2.75, 3.05) is 6.61 Å². The van der Waals surface area contributed by atoms with Crippen LogP contribution in [0.5, 0.6) is 0 Å². The normalized spacial score (nSPS) is 25.2. The third-order valence-electron chi connectivity index (χ3n) is 6.70. The number of fused-ring (bicyclic) bond motifs is 2. The number of carbonyl (C=O) groups excluding carboxylic acids is 1. The van der Waals surface area contributed by atoms with Gasteiger partial charge in [-0.3, -0.25) is 4.79 Å². The van der Waals surface area contributed by atoms with E-state index in [2.05, 4.69) is 4.74 Å². The van der Waals surface area contributed by atoms with Gasteiger partial charge in [-0.1, -0.05) is 12.2 Å². The van der Waals surface area contributed by atoms with Crippen molar-refractivity contribution in [2.45, 2.75) is 73.1 Å². The molecule has 1 fully saturated rings. The molecule has 0 aromatic heterocycles. The molecule has 0 aromatic rings. The Bertz CT molecular complexity index is 1040. The Morgan fingerprint density at radius 2 is 1.05 bits per heavy atom. The molecule has 0 saturated heterocycles. The Balaban J connectivity index is 2.34.